The Labute approximate surface area is 755 Å². The number of nitrogens with zero attached hydrogens (tertiary/aromatic N) is 11. The fourth-order valence-corrected chi connectivity index (χ4v) is 17.4. The van der Waals surface area contributed by atoms with E-state index in [0.29, 0.717) is 96.5 Å². The Bertz CT molecular complexity index is 8020. The van der Waals surface area contributed by atoms with Gasteiger partial charge in [0.15, 0.2) is 40.6 Å². The van der Waals surface area contributed by atoms with Crippen molar-refractivity contribution in [2.24, 2.45) is 0 Å². The first-order valence-electron chi connectivity index (χ1n) is 42.5. The first kappa shape index (κ1) is 82.7. The highest BCUT2D eigenvalue weighted by Gasteiger charge is 2.34. The standard InChI is InChI=1S/C61H37F3N6.C54H34F3N5/c1-38-13-9-21-46(29-38)51-35-48(60-68-58(40-15-5-3-6-16-40)67-59(69-60)41-17-7-4-8-18-41)36-52(47-22-11-23-49(31-47)61(62,63)64)57(51)70-55-27-25-44(42-19-10-14-39(30-42)37-65)33-53(55)54-34-45(26-28-56(54)70)43-20-12-24-50(32-43)66-2;1-34-13-10-20-40(27-34)45-31-42(53-60-51(36-15-4-2-5-16-36)59-52(61-53)37-17-6-3-7-18-37)32-46(41-21-12-22-43(29-41)54(55,56)57)50(45)62-48-24-9-8-23-44(48)47-30-39(25-26-49(47)62)38-19-11-14-35(28-38)33-58/h3-36H,1H3;2-32H,1H3. The molecule has 0 spiro atoms. The van der Waals surface area contributed by atoms with Crippen LogP contribution in [0.4, 0.5) is 32.0 Å². The van der Waals surface area contributed by atoms with E-state index in [1.54, 1.807) is 30.3 Å². The van der Waals surface area contributed by atoms with E-state index in [1.165, 1.54) is 24.3 Å². The lowest BCUT2D eigenvalue weighted by molar-refractivity contribution is -0.138. The molecule has 0 saturated heterocycles. The summed E-state index contributed by atoms with van der Waals surface area (Å²) < 4.78 is 92.5. The minimum Gasteiger partial charge on any atom is -0.308 e. The van der Waals surface area contributed by atoms with E-state index < -0.39 is 23.5 Å². The van der Waals surface area contributed by atoms with Crippen molar-refractivity contribution in [2.45, 2.75) is 26.2 Å². The molecule has 132 heavy (non-hydrogen) atoms. The van der Waals surface area contributed by atoms with E-state index in [0.717, 1.165) is 145 Å². The Morgan fingerprint density at radius 2 is 0.530 bits per heavy atom. The number of rotatable bonds is 15. The summed E-state index contributed by atoms with van der Waals surface area (Å²) in [5, 5.41) is 23.2. The van der Waals surface area contributed by atoms with Crippen LogP contribution in [0.15, 0.2) is 394 Å². The maximum atomic E-state index is 14.8. The molecule has 0 atom stereocenters. The number of hydrogen-bond acceptors (Lipinski definition) is 8. The summed E-state index contributed by atoms with van der Waals surface area (Å²) in [5.41, 5.74) is 21.4. The molecule has 0 unspecified atom stereocenters. The van der Waals surface area contributed by atoms with Crippen molar-refractivity contribution in [2.75, 3.05) is 0 Å². The largest absolute Gasteiger partial charge is 0.416 e. The highest BCUT2D eigenvalue weighted by Crippen LogP contribution is 2.50. The number of hydrogen-bond donors (Lipinski definition) is 0. The number of fused-ring (bicyclic) bond motifs is 6. The minimum atomic E-state index is -4.62. The van der Waals surface area contributed by atoms with Crippen LogP contribution >= 0.6 is 0 Å². The van der Waals surface area contributed by atoms with Crippen molar-refractivity contribution >= 4 is 49.3 Å². The molecule has 0 aliphatic carbocycles. The molecule has 0 bridgehead atoms. The fourth-order valence-electron chi connectivity index (χ4n) is 17.4. The number of nitriles is 2. The van der Waals surface area contributed by atoms with Gasteiger partial charge in [0.05, 0.1) is 74.4 Å². The predicted octanol–water partition coefficient (Wildman–Crippen LogP) is 30.6. The van der Waals surface area contributed by atoms with Gasteiger partial charge in [-0.25, -0.2) is 34.7 Å². The van der Waals surface area contributed by atoms with Gasteiger partial charge >= 0.3 is 12.4 Å². The summed E-state index contributed by atoms with van der Waals surface area (Å²) in [6, 6.07) is 127. The normalized spacial score (nSPS) is 11.5. The summed E-state index contributed by atoms with van der Waals surface area (Å²) in [6.45, 7) is 11.8. The Balaban J connectivity index is 0.000000166. The second-order valence-electron chi connectivity index (χ2n) is 32.2. The summed E-state index contributed by atoms with van der Waals surface area (Å²) in [7, 11) is 0. The topological polar surface area (TPSA) is 139 Å². The van der Waals surface area contributed by atoms with Gasteiger partial charge in [-0.05, 0) is 191 Å². The lowest BCUT2D eigenvalue weighted by Crippen LogP contribution is -2.06. The van der Waals surface area contributed by atoms with E-state index in [1.807, 2.05) is 299 Å². The number of aromatic nitrogens is 8. The first-order chi connectivity index (χ1) is 64.3. The lowest BCUT2D eigenvalue weighted by atomic mass is 9.91. The van der Waals surface area contributed by atoms with Crippen LogP contribution in [-0.2, 0) is 12.4 Å². The second-order valence-corrected chi connectivity index (χ2v) is 32.2. The van der Waals surface area contributed by atoms with Crippen LogP contribution in [0, 0.1) is 43.1 Å². The smallest absolute Gasteiger partial charge is 0.308 e. The third-order valence-electron chi connectivity index (χ3n) is 23.6. The molecular weight excluding hydrogens is 1650 g/mol. The Morgan fingerprint density at radius 1 is 0.250 bits per heavy atom. The van der Waals surface area contributed by atoms with Crippen molar-refractivity contribution in [3.05, 3.63) is 439 Å². The zero-order valence-corrected chi connectivity index (χ0v) is 70.7. The van der Waals surface area contributed by atoms with Crippen LogP contribution < -0.4 is 0 Å². The molecule has 0 amide bonds. The quantitative estimate of drug-likeness (QED) is 0.0730. The summed E-state index contributed by atoms with van der Waals surface area (Å²) >= 11 is 0. The third-order valence-corrected chi connectivity index (χ3v) is 23.6. The molecule has 0 aliphatic rings. The maximum absolute atomic E-state index is 14.8. The second kappa shape index (κ2) is 34.6. The molecule has 0 aliphatic heterocycles. The maximum Gasteiger partial charge on any atom is 0.416 e. The molecule has 4 heterocycles. The number of alkyl halides is 6. The van der Waals surface area contributed by atoms with Gasteiger partial charge in [-0.1, -0.05) is 284 Å². The van der Waals surface area contributed by atoms with E-state index in [2.05, 4.69) is 68.6 Å². The van der Waals surface area contributed by atoms with Gasteiger partial charge in [0, 0.05) is 77.2 Å². The fraction of sp³-hybridized carbons (Fsp3) is 0.0348. The number of halogens is 6. The molecule has 21 aromatic rings. The molecule has 0 fully saturated rings. The van der Waals surface area contributed by atoms with Crippen molar-refractivity contribution < 1.29 is 26.3 Å². The van der Waals surface area contributed by atoms with Crippen molar-refractivity contribution in [1.82, 2.24) is 39.0 Å². The lowest BCUT2D eigenvalue weighted by Gasteiger charge is -2.22. The van der Waals surface area contributed by atoms with Gasteiger partial charge in [0.2, 0.25) is 0 Å². The van der Waals surface area contributed by atoms with E-state index in [4.69, 9.17) is 36.5 Å². The van der Waals surface area contributed by atoms with Crippen LogP contribution in [0.5, 0.6) is 0 Å². The van der Waals surface area contributed by atoms with Crippen LogP contribution in [0.2, 0.25) is 0 Å². The van der Waals surface area contributed by atoms with E-state index in [-0.39, 0.29) is 0 Å². The number of aryl methyl sites for hydroxylation is 2. The third kappa shape index (κ3) is 16.3. The van der Waals surface area contributed by atoms with Gasteiger partial charge in [-0.3, -0.25) is 0 Å². The Kier molecular flexibility index (Phi) is 21.7. The first-order valence-corrected chi connectivity index (χ1v) is 42.5. The zero-order chi connectivity index (χ0) is 90.3. The van der Waals surface area contributed by atoms with Gasteiger partial charge in [0.25, 0.3) is 0 Å². The minimum absolute atomic E-state index is 0.341. The molecule has 0 saturated carbocycles. The van der Waals surface area contributed by atoms with Crippen LogP contribution in [0.25, 0.3) is 206 Å². The summed E-state index contributed by atoms with van der Waals surface area (Å²) in [6.07, 6.45) is -9.20. The highest BCUT2D eigenvalue weighted by atomic mass is 19.4. The molecule has 0 N–H and O–H groups in total. The average molecular weight is 1720 g/mol. The molecule has 17 heteroatoms. The molecule has 17 aromatic carbocycles. The average Bonchev–Trinajstić information content (AvgIpc) is 1.56. The summed E-state index contributed by atoms with van der Waals surface area (Å²) in [5.74, 6) is 2.55. The monoisotopic (exact) mass is 1720 g/mol. The zero-order valence-electron chi connectivity index (χ0n) is 70.7. The van der Waals surface area contributed by atoms with Crippen molar-refractivity contribution in [3.63, 3.8) is 0 Å². The molecule has 0 radical (unpaired) electrons. The summed E-state index contributed by atoms with van der Waals surface area (Å²) in [4.78, 5) is 33.8. The van der Waals surface area contributed by atoms with Crippen LogP contribution in [-0.4, -0.2) is 39.0 Å². The molecule has 11 nitrogen and oxygen atoms in total. The van der Waals surface area contributed by atoms with E-state index >= 15 is 0 Å². The SMILES string of the molecule is Cc1cccc(-c2cc(-c3nc(-c4ccccc4)nc(-c4ccccc4)n3)cc(-c3cccc(C(F)(F)F)c3)c2-n2c3ccccc3c3cc(-c4cccc(C#N)c4)ccc32)c1.[C-]#[N+]c1cccc(-c2ccc3c(c2)c2cc(-c4cccc(C#N)c4)ccc2n3-c2c(-c3cccc(C)c3)cc(-c3nc(-c4ccccc4)nc(-c4ccccc4)n3)cc2-c2cccc(C(F)(F)F)c2)c1. The molecule has 21 rings (SSSR count). The van der Waals surface area contributed by atoms with Gasteiger partial charge < -0.3 is 9.13 Å². The Hall–Kier alpha value is -17.6. The van der Waals surface area contributed by atoms with Crippen LogP contribution in [0.1, 0.15) is 33.4 Å². The highest BCUT2D eigenvalue weighted by molar-refractivity contribution is 6.14. The Morgan fingerprint density at radius 3 is 0.879 bits per heavy atom. The van der Waals surface area contributed by atoms with Crippen molar-refractivity contribution in [3.8, 4) is 170 Å². The van der Waals surface area contributed by atoms with Crippen molar-refractivity contribution in [1.29, 1.82) is 10.5 Å². The van der Waals surface area contributed by atoms with Gasteiger partial charge in [-0.2, -0.15) is 36.9 Å². The number of benzene rings is 17. The van der Waals surface area contributed by atoms with E-state index in [9.17, 15) is 36.9 Å². The van der Waals surface area contributed by atoms with Crippen LogP contribution in [0.3, 0.4) is 0 Å². The predicted molar refractivity (Wildman–Crippen MR) is 514 cm³/mol. The molecular formula is C115H71F6N11. The molecule has 628 valence electrons. The molecule has 4 aromatic heterocycles. The van der Waals surface area contributed by atoms with Gasteiger partial charge in [-0.15, -0.1) is 0 Å². The number of para-hydroxylation sites is 1. The van der Waals surface area contributed by atoms with Gasteiger partial charge in [0.1, 0.15) is 0 Å².